The maximum atomic E-state index is 6.24. The second kappa shape index (κ2) is 4.73. The lowest BCUT2D eigenvalue weighted by Gasteiger charge is -2.31. The van der Waals surface area contributed by atoms with E-state index in [1.165, 1.54) is 0 Å². The van der Waals surface area contributed by atoms with Gasteiger partial charge < -0.3 is 5.32 Å². The zero-order valence-corrected chi connectivity index (χ0v) is 10.9. The molecule has 1 aliphatic heterocycles. The maximum absolute atomic E-state index is 6.24. The van der Waals surface area contributed by atoms with Crippen molar-refractivity contribution in [1.29, 1.82) is 0 Å². The van der Waals surface area contributed by atoms with Gasteiger partial charge in [-0.25, -0.2) is 0 Å². The van der Waals surface area contributed by atoms with Crippen LogP contribution < -0.4 is 5.32 Å². The smallest absolute Gasteiger partial charge is 0.0860 e. The Morgan fingerprint density at radius 2 is 2.31 bits per heavy atom. The highest BCUT2D eigenvalue weighted by Crippen LogP contribution is 2.21. The number of halogens is 1. The lowest BCUT2D eigenvalue weighted by atomic mass is 10.2. The minimum absolute atomic E-state index is 0.557. The van der Waals surface area contributed by atoms with Crippen molar-refractivity contribution >= 4 is 11.6 Å². The molecule has 1 fully saturated rings. The summed E-state index contributed by atoms with van der Waals surface area (Å²) in [5, 5.41) is 8.59. The highest BCUT2D eigenvalue weighted by molar-refractivity contribution is 6.31. The number of nitrogens with one attached hydrogen (secondary N) is 1. The van der Waals surface area contributed by atoms with Crippen molar-refractivity contribution in [3.05, 3.63) is 16.4 Å². The number of rotatable bonds is 2. The fourth-order valence-corrected chi connectivity index (χ4v) is 2.44. The Kier molecular flexibility index (Phi) is 3.52. The predicted octanol–water partition coefficient (Wildman–Crippen LogP) is 1.18. The Bertz CT molecular complexity index is 374. The van der Waals surface area contributed by atoms with Gasteiger partial charge in [0.15, 0.2) is 0 Å². The quantitative estimate of drug-likeness (QED) is 0.846. The highest BCUT2D eigenvalue weighted by atomic mass is 35.5. The van der Waals surface area contributed by atoms with E-state index in [0.29, 0.717) is 6.04 Å². The van der Waals surface area contributed by atoms with E-state index < -0.39 is 0 Å². The van der Waals surface area contributed by atoms with Crippen LogP contribution in [0.4, 0.5) is 0 Å². The van der Waals surface area contributed by atoms with Crippen LogP contribution in [0.5, 0.6) is 0 Å². The van der Waals surface area contributed by atoms with Gasteiger partial charge in [0.05, 0.1) is 16.4 Å². The van der Waals surface area contributed by atoms with Crippen molar-refractivity contribution in [3.63, 3.8) is 0 Å². The van der Waals surface area contributed by atoms with Gasteiger partial charge in [0, 0.05) is 39.3 Å². The predicted molar refractivity (Wildman–Crippen MR) is 65.7 cm³/mol. The van der Waals surface area contributed by atoms with E-state index in [0.717, 1.165) is 42.6 Å². The number of hydrogen-bond acceptors (Lipinski definition) is 3. The molecule has 1 N–H and O–H groups in total. The lowest BCUT2D eigenvalue weighted by molar-refractivity contribution is 0.195. The van der Waals surface area contributed by atoms with Gasteiger partial charge in [-0.05, 0) is 13.8 Å². The summed E-state index contributed by atoms with van der Waals surface area (Å²) in [6, 6.07) is 0.557. The van der Waals surface area contributed by atoms with Crippen molar-refractivity contribution in [2.24, 2.45) is 7.05 Å². The average molecular weight is 243 g/mol. The fourth-order valence-electron chi connectivity index (χ4n) is 2.22. The van der Waals surface area contributed by atoms with Crippen LogP contribution in [0.15, 0.2) is 0 Å². The van der Waals surface area contributed by atoms with Crippen LogP contribution in [0.25, 0.3) is 0 Å². The molecule has 2 heterocycles. The molecule has 0 aromatic carbocycles. The first-order chi connectivity index (χ1) is 7.58. The van der Waals surface area contributed by atoms with Crippen LogP contribution in [-0.4, -0.2) is 40.4 Å². The average Bonchev–Trinajstić information content (AvgIpc) is 2.45. The van der Waals surface area contributed by atoms with Gasteiger partial charge in [0.2, 0.25) is 0 Å². The molecule has 2 rings (SSSR count). The summed E-state index contributed by atoms with van der Waals surface area (Å²) in [6.45, 7) is 8.25. The topological polar surface area (TPSA) is 33.1 Å². The summed E-state index contributed by atoms with van der Waals surface area (Å²) in [5.74, 6) is 0. The summed E-state index contributed by atoms with van der Waals surface area (Å²) in [5.41, 5.74) is 2.04. The Morgan fingerprint density at radius 1 is 1.56 bits per heavy atom. The molecule has 5 heteroatoms. The molecule has 0 saturated carbocycles. The third kappa shape index (κ3) is 2.39. The molecule has 90 valence electrons. The summed E-state index contributed by atoms with van der Waals surface area (Å²) < 4.78 is 1.89. The van der Waals surface area contributed by atoms with Crippen molar-refractivity contribution in [2.75, 3.05) is 19.6 Å². The molecule has 16 heavy (non-hydrogen) atoms. The Hall–Kier alpha value is -0.580. The molecule has 4 nitrogen and oxygen atoms in total. The lowest BCUT2D eigenvalue weighted by Crippen LogP contribution is -2.48. The van der Waals surface area contributed by atoms with Gasteiger partial charge in [-0.3, -0.25) is 9.58 Å². The molecule has 1 aliphatic rings. The van der Waals surface area contributed by atoms with Gasteiger partial charge in [-0.15, -0.1) is 0 Å². The molecule has 1 atom stereocenters. The van der Waals surface area contributed by atoms with Crippen molar-refractivity contribution in [2.45, 2.75) is 26.4 Å². The van der Waals surface area contributed by atoms with Crippen LogP contribution in [0.2, 0.25) is 5.02 Å². The van der Waals surface area contributed by atoms with Gasteiger partial charge in [0.1, 0.15) is 0 Å². The second-order valence-corrected chi connectivity index (χ2v) is 4.94. The van der Waals surface area contributed by atoms with E-state index in [9.17, 15) is 0 Å². The van der Waals surface area contributed by atoms with E-state index in [1.54, 1.807) is 0 Å². The summed E-state index contributed by atoms with van der Waals surface area (Å²) in [7, 11) is 1.96. The van der Waals surface area contributed by atoms with Crippen molar-refractivity contribution < 1.29 is 0 Å². The summed E-state index contributed by atoms with van der Waals surface area (Å²) in [6.07, 6.45) is 0. The normalized spacial score (nSPS) is 22.6. The Morgan fingerprint density at radius 3 is 2.88 bits per heavy atom. The SMILES string of the molecule is Cc1nn(C)c(CN2CCNC(C)C2)c1Cl. The number of aryl methyl sites for hydroxylation is 2. The molecule has 1 aromatic rings. The number of aromatic nitrogens is 2. The van der Waals surface area contributed by atoms with Crippen molar-refractivity contribution in [1.82, 2.24) is 20.0 Å². The zero-order valence-electron chi connectivity index (χ0n) is 10.1. The van der Waals surface area contributed by atoms with Gasteiger partial charge in [-0.1, -0.05) is 11.6 Å². The molecule has 1 unspecified atom stereocenters. The van der Waals surface area contributed by atoms with E-state index in [-0.39, 0.29) is 0 Å². The zero-order chi connectivity index (χ0) is 11.7. The summed E-state index contributed by atoms with van der Waals surface area (Å²) >= 11 is 6.24. The highest BCUT2D eigenvalue weighted by Gasteiger charge is 2.19. The van der Waals surface area contributed by atoms with E-state index in [2.05, 4.69) is 22.2 Å². The van der Waals surface area contributed by atoms with E-state index in [1.807, 2.05) is 18.7 Å². The molecule has 0 bridgehead atoms. The number of hydrogen-bond donors (Lipinski definition) is 1. The molecule has 0 radical (unpaired) electrons. The second-order valence-electron chi connectivity index (χ2n) is 4.56. The molecular weight excluding hydrogens is 224 g/mol. The van der Waals surface area contributed by atoms with Crippen LogP contribution >= 0.6 is 11.6 Å². The molecule has 1 aromatic heterocycles. The monoisotopic (exact) mass is 242 g/mol. The van der Waals surface area contributed by atoms with Gasteiger partial charge in [0.25, 0.3) is 0 Å². The summed E-state index contributed by atoms with van der Waals surface area (Å²) in [4.78, 5) is 2.42. The van der Waals surface area contributed by atoms with Crippen LogP contribution in [0.3, 0.4) is 0 Å². The number of piperazine rings is 1. The first-order valence-corrected chi connectivity index (χ1v) is 6.09. The minimum Gasteiger partial charge on any atom is -0.312 e. The van der Waals surface area contributed by atoms with Gasteiger partial charge >= 0.3 is 0 Å². The van der Waals surface area contributed by atoms with E-state index >= 15 is 0 Å². The Labute approximate surface area is 102 Å². The molecule has 0 spiro atoms. The largest absolute Gasteiger partial charge is 0.312 e. The third-order valence-electron chi connectivity index (χ3n) is 3.09. The Balaban J connectivity index is 2.08. The fraction of sp³-hybridized carbons (Fsp3) is 0.727. The van der Waals surface area contributed by atoms with Crippen LogP contribution in [0.1, 0.15) is 18.3 Å². The molecule has 0 amide bonds. The van der Waals surface area contributed by atoms with Crippen LogP contribution in [-0.2, 0) is 13.6 Å². The third-order valence-corrected chi connectivity index (χ3v) is 3.58. The van der Waals surface area contributed by atoms with Crippen LogP contribution in [0, 0.1) is 6.92 Å². The first kappa shape index (κ1) is 11.9. The standard InChI is InChI=1S/C11H19ClN4/c1-8-6-16(5-4-13-8)7-10-11(12)9(2)14-15(10)3/h8,13H,4-7H2,1-3H3. The minimum atomic E-state index is 0.557. The molecular formula is C11H19ClN4. The molecule has 0 aliphatic carbocycles. The number of nitrogens with zero attached hydrogens (tertiary/aromatic N) is 3. The van der Waals surface area contributed by atoms with Gasteiger partial charge in [-0.2, -0.15) is 5.10 Å². The molecule has 1 saturated heterocycles. The van der Waals surface area contributed by atoms with Crippen molar-refractivity contribution in [3.8, 4) is 0 Å². The first-order valence-electron chi connectivity index (χ1n) is 5.71. The van der Waals surface area contributed by atoms with E-state index in [4.69, 9.17) is 11.6 Å². The maximum Gasteiger partial charge on any atom is 0.0860 e.